The van der Waals surface area contributed by atoms with Gasteiger partial charge in [0.2, 0.25) is 0 Å². The average molecular weight is 242 g/mol. The SMILES string of the molecule is CCc1noc(-c2c[nH]c(Br)c2)n1. The first kappa shape index (κ1) is 8.50. The number of nitrogens with one attached hydrogen (secondary N) is 1. The Hall–Kier alpha value is -1.10. The number of rotatable bonds is 2. The zero-order chi connectivity index (χ0) is 9.26. The Morgan fingerprint density at radius 1 is 1.62 bits per heavy atom. The lowest BCUT2D eigenvalue weighted by atomic mass is 10.3. The van der Waals surface area contributed by atoms with E-state index in [9.17, 15) is 0 Å². The van der Waals surface area contributed by atoms with Gasteiger partial charge in [-0.2, -0.15) is 4.98 Å². The highest BCUT2D eigenvalue weighted by Crippen LogP contribution is 2.20. The normalized spacial score (nSPS) is 10.6. The lowest BCUT2D eigenvalue weighted by Crippen LogP contribution is -1.81. The summed E-state index contributed by atoms with van der Waals surface area (Å²) < 4.78 is 5.95. The fourth-order valence-electron chi connectivity index (χ4n) is 1.00. The van der Waals surface area contributed by atoms with Crippen LogP contribution in [0, 0.1) is 0 Å². The van der Waals surface area contributed by atoms with E-state index in [1.54, 1.807) is 0 Å². The van der Waals surface area contributed by atoms with E-state index in [0.29, 0.717) is 5.89 Å². The molecule has 0 radical (unpaired) electrons. The van der Waals surface area contributed by atoms with Crippen LogP contribution < -0.4 is 0 Å². The van der Waals surface area contributed by atoms with Crippen molar-refractivity contribution in [3.8, 4) is 11.5 Å². The largest absolute Gasteiger partial charge is 0.355 e. The molecule has 0 fully saturated rings. The van der Waals surface area contributed by atoms with Gasteiger partial charge in [0.1, 0.15) is 0 Å². The molecule has 0 aliphatic carbocycles. The van der Waals surface area contributed by atoms with Crippen LogP contribution in [0.5, 0.6) is 0 Å². The van der Waals surface area contributed by atoms with Gasteiger partial charge in [-0.25, -0.2) is 0 Å². The van der Waals surface area contributed by atoms with Gasteiger partial charge >= 0.3 is 0 Å². The van der Waals surface area contributed by atoms with Gasteiger partial charge in [0.25, 0.3) is 5.89 Å². The number of hydrogen-bond donors (Lipinski definition) is 1. The number of aromatic nitrogens is 3. The molecule has 0 spiro atoms. The van der Waals surface area contributed by atoms with E-state index in [2.05, 4.69) is 31.1 Å². The molecule has 5 heteroatoms. The number of halogens is 1. The monoisotopic (exact) mass is 241 g/mol. The first-order valence-electron chi connectivity index (χ1n) is 3.96. The molecule has 2 rings (SSSR count). The van der Waals surface area contributed by atoms with E-state index in [-0.39, 0.29) is 0 Å². The van der Waals surface area contributed by atoms with Gasteiger partial charge in [-0.05, 0) is 22.0 Å². The van der Waals surface area contributed by atoms with E-state index >= 15 is 0 Å². The van der Waals surface area contributed by atoms with Crippen LogP contribution in [0.3, 0.4) is 0 Å². The molecule has 0 aliphatic heterocycles. The summed E-state index contributed by atoms with van der Waals surface area (Å²) in [5, 5.41) is 3.81. The topological polar surface area (TPSA) is 54.7 Å². The lowest BCUT2D eigenvalue weighted by molar-refractivity contribution is 0.423. The van der Waals surface area contributed by atoms with Crippen LogP contribution in [0.25, 0.3) is 11.5 Å². The molecule has 68 valence electrons. The third-order valence-corrected chi connectivity index (χ3v) is 2.14. The van der Waals surface area contributed by atoms with E-state index in [4.69, 9.17) is 4.52 Å². The summed E-state index contributed by atoms with van der Waals surface area (Å²) in [5.41, 5.74) is 0.902. The Morgan fingerprint density at radius 2 is 2.46 bits per heavy atom. The van der Waals surface area contributed by atoms with Crippen LogP contribution in [0.2, 0.25) is 0 Å². The van der Waals surface area contributed by atoms with E-state index in [1.807, 2.05) is 19.2 Å². The van der Waals surface area contributed by atoms with Gasteiger partial charge < -0.3 is 9.51 Å². The molecule has 0 aromatic carbocycles. The third kappa shape index (κ3) is 1.65. The minimum atomic E-state index is 0.554. The van der Waals surface area contributed by atoms with Crippen LogP contribution in [0.15, 0.2) is 21.4 Å². The first-order valence-corrected chi connectivity index (χ1v) is 4.75. The minimum Gasteiger partial charge on any atom is -0.355 e. The van der Waals surface area contributed by atoms with E-state index < -0.39 is 0 Å². The third-order valence-electron chi connectivity index (χ3n) is 1.68. The Bertz CT molecular complexity index is 407. The summed E-state index contributed by atoms with van der Waals surface area (Å²) in [7, 11) is 0. The molecule has 13 heavy (non-hydrogen) atoms. The van der Waals surface area contributed by atoms with Crippen molar-refractivity contribution < 1.29 is 4.52 Å². The molecule has 0 atom stereocenters. The molecule has 0 amide bonds. The molecule has 0 aliphatic rings. The van der Waals surface area contributed by atoms with Crippen molar-refractivity contribution >= 4 is 15.9 Å². The van der Waals surface area contributed by atoms with Crippen molar-refractivity contribution in [2.75, 3.05) is 0 Å². The van der Waals surface area contributed by atoms with Crippen LogP contribution in [-0.2, 0) is 6.42 Å². The highest BCUT2D eigenvalue weighted by atomic mass is 79.9. The first-order chi connectivity index (χ1) is 6.29. The molecule has 2 aromatic heterocycles. The second-order valence-corrected chi connectivity index (χ2v) is 3.46. The molecule has 0 saturated heterocycles. The maximum absolute atomic E-state index is 5.05. The summed E-state index contributed by atoms with van der Waals surface area (Å²) in [6.45, 7) is 1.99. The van der Waals surface area contributed by atoms with Crippen LogP contribution >= 0.6 is 15.9 Å². The van der Waals surface area contributed by atoms with Crippen molar-refractivity contribution in [3.63, 3.8) is 0 Å². The fraction of sp³-hybridized carbons (Fsp3) is 0.250. The molecular formula is C8H8BrN3O. The maximum Gasteiger partial charge on any atom is 0.259 e. The Labute approximate surface area is 83.5 Å². The molecular weight excluding hydrogens is 234 g/mol. The highest BCUT2D eigenvalue weighted by molar-refractivity contribution is 9.10. The molecule has 0 bridgehead atoms. The summed E-state index contributed by atoms with van der Waals surface area (Å²) in [4.78, 5) is 7.18. The zero-order valence-corrected chi connectivity index (χ0v) is 8.63. The maximum atomic E-state index is 5.05. The number of aromatic amines is 1. The molecule has 0 saturated carbocycles. The second kappa shape index (κ2) is 3.33. The summed E-state index contributed by atoms with van der Waals surface area (Å²) in [6.07, 6.45) is 2.60. The molecule has 4 nitrogen and oxygen atoms in total. The van der Waals surface area contributed by atoms with Crippen LogP contribution in [0.4, 0.5) is 0 Å². The van der Waals surface area contributed by atoms with Crippen molar-refractivity contribution in [1.82, 2.24) is 15.1 Å². The summed E-state index contributed by atoms with van der Waals surface area (Å²) >= 11 is 3.31. The molecule has 2 aromatic rings. The van der Waals surface area contributed by atoms with Crippen molar-refractivity contribution in [2.45, 2.75) is 13.3 Å². The Kier molecular flexibility index (Phi) is 2.18. The molecule has 1 N–H and O–H groups in total. The highest BCUT2D eigenvalue weighted by Gasteiger charge is 2.08. The van der Waals surface area contributed by atoms with Crippen molar-refractivity contribution in [1.29, 1.82) is 0 Å². The average Bonchev–Trinajstić information content (AvgIpc) is 2.71. The van der Waals surface area contributed by atoms with Gasteiger partial charge in [-0.15, -0.1) is 0 Å². The van der Waals surface area contributed by atoms with Gasteiger partial charge in [-0.3, -0.25) is 0 Å². The number of aryl methyl sites for hydroxylation is 1. The summed E-state index contributed by atoms with van der Waals surface area (Å²) in [5.74, 6) is 1.28. The number of nitrogens with zero attached hydrogens (tertiary/aromatic N) is 2. The van der Waals surface area contributed by atoms with Gasteiger partial charge in [0.15, 0.2) is 5.82 Å². The van der Waals surface area contributed by atoms with Gasteiger partial charge in [0, 0.05) is 12.6 Å². The van der Waals surface area contributed by atoms with Crippen LogP contribution in [0.1, 0.15) is 12.7 Å². The van der Waals surface area contributed by atoms with E-state index in [1.165, 1.54) is 0 Å². The predicted octanol–water partition coefficient (Wildman–Crippen LogP) is 2.39. The van der Waals surface area contributed by atoms with Crippen LogP contribution in [-0.4, -0.2) is 15.1 Å². The Balaban J connectivity index is 2.35. The summed E-state index contributed by atoms with van der Waals surface area (Å²) in [6, 6.07) is 1.90. The smallest absolute Gasteiger partial charge is 0.259 e. The van der Waals surface area contributed by atoms with Crippen molar-refractivity contribution in [3.05, 3.63) is 22.7 Å². The van der Waals surface area contributed by atoms with Gasteiger partial charge in [-0.1, -0.05) is 12.1 Å². The Morgan fingerprint density at radius 3 is 3.00 bits per heavy atom. The standard InChI is InChI=1S/C8H8BrN3O/c1-2-7-11-8(13-12-7)5-3-6(9)10-4-5/h3-4,10H,2H2,1H3. The fourth-order valence-corrected chi connectivity index (χ4v) is 1.37. The lowest BCUT2D eigenvalue weighted by Gasteiger charge is -1.82. The number of H-pyrrole nitrogens is 1. The predicted molar refractivity (Wildman–Crippen MR) is 51.2 cm³/mol. The quantitative estimate of drug-likeness (QED) is 0.879. The molecule has 2 heterocycles. The van der Waals surface area contributed by atoms with Gasteiger partial charge in [0.05, 0.1) is 10.2 Å². The zero-order valence-electron chi connectivity index (χ0n) is 7.04. The second-order valence-electron chi connectivity index (χ2n) is 2.61. The van der Waals surface area contributed by atoms with E-state index in [0.717, 1.165) is 22.4 Å². The molecule has 0 unspecified atom stereocenters. The number of hydrogen-bond acceptors (Lipinski definition) is 3. The minimum absolute atomic E-state index is 0.554. The van der Waals surface area contributed by atoms with Crippen molar-refractivity contribution in [2.24, 2.45) is 0 Å².